The second-order valence-corrected chi connectivity index (χ2v) is 5.62. The van der Waals surface area contributed by atoms with Crippen LogP contribution in [0.1, 0.15) is 25.7 Å². The summed E-state index contributed by atoms with van der Waals surface area (Å²) >= 11 is 0. The predicted octanol–water partition coefficient (Wildman–Crippen LogP) is 2.30. The number of carbonyl (C=O) groups excluding carboxylic acids is 2. The highest BCUT2D eigenvalue weighted by Crippen LogP contribution is 2.31. The van der Waals surface area contributed by atoms with E-state index in [2.05, 4.69) is 5.32 Å². The van der Waals surface area contributed by atoms with Crippen molar-refractivity contribution in [2.75, 3.05) is 11.9 Å². The van der Waals surface area contributed by atoms with Crippen molar-refractivity contribution in [3.63, 3.8) is 0 Å². The van der Waals surface area contributed by atoms with E-state index in [-0.39, 0.29) is 18.4 Å². The lowest BCUT2D eigenvalue weighted by Gasteiger charge is -2.34. The molecule has 2 aliphatic rings. The average Bonchev–Trinajstić information content (AvgIpc) is 2.74. The number of nitrogens with one attached hydrogen (secondary N) is 1. The third kappa shape index (κ3) is 2.62. The van der Waals surface area contributed by atoms with Crippen LogP contribution in [0.3, 0.4) is 0 Å². The first kappa shape index (κ1) is 14.0. The van der Waals surface area contributed by atoms with Gasteiger partial charge in [-0.2, -0.15) is 0 Å². The lowest BCUT2D eigenvalue weighted by Crippen LogP contribution is -2.41. The van der Waals surface area contributed by atoms with E-state index in [1.165, 1.54) is 6.07 Å². The van der Waals surface area contributed by atoms with E-state index in [1.54, 1.807) is 4.90 Å². The lowest BCUT2D eigenvalue weighted by molar-refractivity contribution is -0.131. The molecule has 1 aliphatic carbocycles. The maximum absolute atomic E-state index is 13.5. The van der Waals surface area contributed by atoms with Gasteiger partial charge in [0.1, 0.15) is 17.3 Å². The Labute approximate surface area is 121 Å². The molecule has 1 saturated carbocycles. The molecule has 1 heterocycles. The number of amides is 2. The SMILES string of the molecule is O=C(Nc1c(F)cccc1F)C1CC(=O)N(C2CCC2)C1. The van der Waals surface area contributed by atoms with Crippen LogP contribution >= 0.6 is 0 Å². The minimum atomic E-state index is -0.816. The molecule has 3 rings (SSSR count). The largest absolute Gasteiger partial charge is 0.339 e. The van der Waals surface area contributed by atoms with Crippen LogP contribution in [0.2, 0.25) is 0 Å². The molecule has 1 atom stereocenters. The Morgan fingerprint density at radius 2 is 1.90 bits per heavy atom. The number of anilines is 1. The number of rotatable bonds is 3. The van der Waals surface area contributed by atoms with Crippen LogP contribution in [0.5, 0.6) is 0 Å². The molecule has 6 heteroatoms. The van der Waals surface area contributed by atoms with Gasteiger partial charge in [-0.25, -0.2) is 8.78 Å². The van der Waals surface area contributed by atoms with Crippen LogP contribution in [0, 0.1) is 17.6 Å². The molecule has 0 radical (unpaired) electrons. The van der Waals surface area contributed by atoms with Crippen molar-refractivity contribution in [1.29, 1.82) is 0 Å². The summed E-state index contributed by atoms with van der Waals surface area (Å²) in [5, 5.41) is 2.27. The monoisotopic (exact) mass is 294 g/mol. The van der Waals surface area contributed by atoms with E-state index in [9.17, 15) is 18.4 Å². The number of hydrogen-bond donors (Lipinski definition) is 1. The fraction of sp³-hybridized carbons (Fsp3) is 0.467. The van der Waals surface area contributed by atoms with Gasteiger partial charge in [-0.1, -0.05) is 6.07 Å². The third-order valence-corrected chi connectivity index (χ3v) is 4.26. The number of carbonyl (C=O) groups is 2. The zero-order chi connectivity index (χ0) is 15.0. The summed E-state index contributed by atoms with van der Waals surface area (Å²) in [6, 6.07) is 3.64. The number of para-hydroxylation sites is 1. The fourth-order valence-electron chi connectivity index (χ4n) is 2.80. The zero-order valence-electron chi connectivity index (χ0n) is 11.4. The first-order valence-corrected chi connectivity index (χ1v) is 7.10. The molecule has 0 spiro atoms. The average molecular weight is 294 g/mol. The van der Waals surface area contributed by atoms with Crippen LogP contribution in [0.25, 0.3) is 0 Å². The third-order valence-electron chi connectivity index (χ3n) is 4.26. The second kappa shape index (κ2) is 5.42. The molecule has 1 aliphatic heterocycles. The van der Waals surface area contributed by atoms with Crippen molar-refractivity contribution in [1.82, 2.24) is 4.90 Å². The molecule has 112 valence electrons. The summed E-state index contributed by atoms with van der Waals surface area (Å²) in [5.41, 5.74) is -0.447. The van der Waals surface area contributed by atoms with Gasteiger partial charge in [0.05, 0.1) is 5.92 Å². The molecule has 0 aromatic heterocycles. The van der Waals surface area contributed by atoms with E-state index >= 15 is 0 Å². The minimum Gasteiger partial charge on any atom is -0.339 e. The van der Waals surface area contributed by atoms with E-state index in [0.29, 0.717) is 6.54 Å². The Morgan fingerprint density at radius 1 is 1.24 bits per heavy atom. The first-order valence-electron chi connectivity index (χ1n) is 7.10. The van der Waals surface area contributed by atoms with Crippen molar-refractivity contribution in [2.45, 2.75) is 31.7 Å². The Bertz CT molecular complexity index is 567. The maximum Gasteiger partial charge on any atom is 0.229 e. The Morgan fingerprint density at radius 3 is 2.48 bits per heavy atom. The van der Waals surface area contributed by atoms with E-state index in [0.717, 1.165) is 31.4 Å². The van der Waals surface area contributed by atoms with Crippen molar-refractivity contribution in [3.8, 4) is 0 Å². The first-order chi connectivity index (χ1) is 10.1. The standard InChI is InChI=1S/C15H16F2N2O2/c16-11-5-2-6-12(17)14(11)18-15(21)9-7-13(20)19(8-9)10-3-1-4-10/h2,5-6,9-10H,1,3-4,7-8H2,(H,18,21). The minimum absolute atomic E-state index is 0.0474. The molecule has 1 aromatic rings. The van der Waals surface area contributed by atoms with Gasteiger partial charge in [-0.15, -0.1) is 0 Å². The van der Waals surface area contributed by atoms with Crippen LogP contribution < -0.4 is 5.32 Å². The van der Waals surface area contributed by atoms with Gasteiger partial charge in [-0.3, -0.25) is 9.59 Å². The summed E-state index contributed by atoms with van der Waals surface area (Å²) < 4.78 is 27.0. The van der Waals surface area contributed by atoms with Gasteiger partial charge >= 0.3 is 0 Å². The van der Waals surface area contributed by atoms with Crippen LogP contribution in [-0.2, 0) is 9.59 Å². The van der Waals surface area contributed by atoms with Gasteiger partial charge in [0.25, 0.3) is 0 Å². The number of nitrogens with zero attached hydrogens (tertiary/aromatic N) is 1. The summed E-state index contributed by atoms with van der Waals surface area (Å²) in [5.74, 6) is -2.73. The molecule has 0 bridgehead atoms. The Hall–Kier alpha value is -1.98. The lowest BCUT2D eigenvalue weighted by atomic mass is 9.92. The molecule has 1 saturated heterocycles. The molecule has 1 N–H and O–H groups in total. The highest BCUT2D eigenvalue weighted by atomic mass is 19.1. The van der Waals surface area contributed by atoms with Crippen LogP contribution in [0.15, 0.2) is 18.2 Å². The van der Waals surface area contributed by atoms with Crippen molar-refractivity contribution >= 4 is 17.5 Å². The van der Waals surface area contributed by atoms with Gasteiger partial charge in [0.2, 0.25) is 11.8 Å². The van der Waals surface area contributed by atoms with E-state index in [4.69, 9.17) is 0 Å². The fourth-order valence-corrected chi connectivity index (χ4v) is 2.80. The Balaban J connectivity index is 1.67. The molecule has 2 fully saturated rings. The zero-order valence-corrected chi connectivity index (χ0v) is 11.4. The van der Waals surface area contributed by atoms with Crippen LogP contribution in [0.4, 0.5) is 14.5 Å². The number of benzene rings is 1. The number of halogens is 2. The summed E-state index contributed by atoms with van der Waals surface area (Å²) in [6.07, 6.45) is 3.16. The molecular weight excluding hydrogens is 278 g/mol. The maximum atomic E-state index is 13.5. The topological polar surface area (TPSA) is 49.4 Å². The summed E-state index contributed by atoms with van der Waals surface area (Å²) in [4.78, 5) is 25.8. The normalized spacial score (nSPS) is 22.3. The molecule has 4 nitrogen and oxygen atoms in total. The molecule has 1 unspecified atom stereocenters. The highest BCUT2D eigenvalue weighted by molar-refractivity contribution is 5.97. The second-order valence-electron chi connectivity index (χ2n) is 5.62. The van der Waals surface area contributed by atoms with Crippen molar-refractivity contribution in [2.24, 2.45) is 5.92 Å². The number of hydrogen-bond acceptors (Lipinski definition) is 2. The molecule has 1 aromatic carbocycles. The summed E-state index contributed by atoms with van der Waals surface area (Å²) in [6.45, 7) is 0.339. The van der Waals surface area contributed by atoms with Gasteiger partial charge in [-0.05, 0) is 31.4 Å². The molecule has 21 heavy (non-hydrogen) atoms. The number of likely N-dealkylation sites (tertiary alicyclic amines) is 1. The molecular formula is C15H16F2N2O2. The smallest absolute Gasteiger partial charge is 0.229 e. The summed E-state index contributed by atoms with van der Waals surface area (Å²) in [7, 11) is 0. The predicted molar refractivity (Wildman–Crippen MR) is 72.4 cm³/mol. The van der Waals surface area contributed by atoms with E-state index in [1.807, 2.05) is 0 Å². The van der Waals surface area contributed by atoms with Gasteiger partial charge < -0.3 is 10.2 Å². The van der Waals surface area contributed by atoms with E-state index < -0.39 is 29.1 Å². The quantitative estimate of drug-likeness (QED) is 0.930. The molecule has 2 amide bonds. The van der Waals surface area contributed by atoms with Gasteiger partial charge in [0, 0.05) is 19.0 Å². The van der Waals surface area contributed by atoms with Crippen molar-refractivity contribution in [3.05, 3.63) is 29.8 Å². The Kier molecular flexibility index (Phi) is 3.61. The van der Waals surface area contributed by atoms with Crippen molar-refractivity contribution < 1.29 is 18.4 Å². The van der Waals surface area contributed by atoms with Crippen LogP contribution in [-0.4, -0.2) is 29.3 Å². The highest BCUT2D eigenvalue weighted by Gasteiger charge is 2.39. The van der Waals surface area contributed by atoms with Gasteiger partial charge in [0.15, 0.2) is 0 Å².